The average molecular weight is 478 g/mol. The zero-order chi connectivity index (χ0) is 24.7. The molecule has 1 fully saturated rings. The Morgan fingerprint density at radius 2 is 1.91 bits per heavy atom. The fraction of sp³-hybridized carbons (Fsp3) is 0.346. The lowest BCUT2D eigenvalue weighted by Crippen LogP contribution is -2.64. The number of phenols is 1. The molecule has 0 saturated carbocycles. The second kappa shape index (κ2) is 8.83. The average Bonchev–Trinajstić information content (AvgIpc) is 3.20. The van der Waals surface area contributed by atoms with Gasteiger partial charge in [-0.05, 0) is 50.2 Å². The topological polar surface area (TPSA) is 129 Å². The lowest BCUT2D eigenvalue weighted by Gasteiger charge is -2.56. The van der Waals surface area contributed by atoms with Crippen molar-refractivity contribution in [2.75, 3.05) is 13.6 Å². The number of nitrogens with zero attached hydrogens (tertiary/aromatic N) is 3. The molecule has 2 aliphatic carbocycles. The molecule has 3 aromatic rings. The zero-order valence-electron chi connectivity index (χ0n) is 19.2. The number of para-hydroxylation sites is 1. The molecule has 7 rings (SSSR count). The Hall–Kier alpha value is -3.69. The first-order chi connectivity index (χ1) is 16.8. The normalized spacial score (nSPS) is 29.1. The molecule has 3 N–H and O–H groups in total. The van der Waals surface area contributed by atoms with Gasteiger partial charge in [0.05, 0.1) is 5.52 Å². The van der Waals surface area contributed by atoms with Crippen LogP contribution in [0.5, 0.6) is 11.5 Å². The Labute approximate surface area is 202 Å². The van der Waals surface area contributed by atoms with Gasteiger partial charge in [-0.25, -0.2) is 0 Å². The molecule has 9 heteroatoms. The van der Waals surface area contributed by atoms with E-state index in [4.69, 9.17) is 20.1 Å². The minimum atomic E-state index is -1.50. The van der Waals surface area contributed by atoms with Crippen molar-refractivity contribution in [1.82, 2.24) is 9.88 Å². The third-order valence-electron chi connectivity index (χ3n) is 7.66. The number of aromatic hydroxyl groups is 1. The Balaban J connectivity index is 0.000000151. The van der Waals surface area contributed by atoms with Gasteiger partial charge in [-0.3, -0.25) is 4.98 Å². The maximum atomic E-state index is 10.4. The Morgan fingerprint density at radius 1 is 1.17 bits per heavy atom. The summed E-state index contributed by atoms with van der Waals surface area (Å²) in [6.45, 7) is 1.01. The summed E-state index contributed by atoms with van der Waals surface area (Å²) in [5.41, 5.74) is 3.35. The minimum absolute atomic E-state index is 0.160. The first-order valence-electron chi connectivity index (χ1n) is 11.5. The summed E-state index contributed by atoms with van der Waals surface area (Å²) in [4.78, 5) is 15.0. The van der Waals surface area contributed by atoms with Gasteiger partial charge in [-0.15, -0.1) is 10.1 Å². The predicted octanol–water partition coefficient (Wildman–Crippen LogP) is 3.09. The van der Waals surface area contributed by atoms with E-state index in [9.17, 15) is 10.2 Å². The summed E-state index contributed by atoms with van der Waals surface area (Å²) in [7, 11) is 2.19. The first-order valence-corrected chi connectivity index (χ1v) is 11.5. The van der Waals surface area contributed by atoms with Gasteiger partial charge in [0.15, 0.2) is 11.5 Å². The molecule has 2 bridgehead atoms. The first kappa shape index (κ1) is 23.1. The van der Waals surface area contributed by atoms with Crippen LogP contribution in [-0.4, -0.2) is 62.2 Å². The number of likely N-dealkylation sites (N-methyl/N-ethyl adjacent to an activating group) is 1. The van der Waals surface area contributed by atoms with E-state index in [0.29, 0.717) is 17.7 Å². The van der Waals surface area contributed by atoms with Crippen LogP contribution in [0.15, 0.2) is 66.9 Å². The van der Waals surface area contributed by atoms with E-state index in [0.717, 1.165) is 24.9 Å². The summed E-state index contributed by atoms with van der Waals surface area (Å²) in [6, 6.07) is 16.3. The van der Waals surface area contributed by atoms with Gasteiger partial charge >= 0.3 is 0 Å². The van der Waals surface area contributed by atoms with Crippen LogP contribution in [0.4, 0.5) is 0 Å². The van der Waals surface area contributed by atoms with Crippen molar-refractivity contribution in [2.45, 2.75) is 36.5 Å². The Kier molecular flexibility index (Phi) is 5.82. The summed E-state index contributed by atoms with van der Waals surface area (Å²) in [5.74, 6) is 1.19. The predicted molar refractivity (Wildman–Crippen MR) is 128 cm³/mol. The number of hydrogen-bond donors (Lipinski definition) is 3. The Morgan fingerprint density at radius 3 is 2.69 bits per heavy atom. The van der Waals surface area contributed by atoms with Crippen LogP contribution in [0, 0.1) is 16.0 Å². The van der Waals surface area contributed by atoms with Crippen molar-refractivity contribution >= 4 is 10.9 Å². The van der Waals surface area contributed by atoms with E-state index in [2.05, 4.69) is 35.1 Å². The van der Waals surface area contributed by atoms with Crippen molar-refractivity contribution in [1.29, 1.82) is 0 Å². The van der Waals surface area contributed by atoms with Crippen molar-refractivity contribution in [2.24, 2.45) is 5.92 Å². The maximum absolute atomic E-state index is 10.4. The fourth-order valence-corrected chi connectivity index (χ4v) is 6.25. The molecule has 2 aromatic carbocycles. The third kappa shape index (κ3) is 3.77. The number of piperidine rings is 1. The third-order valence-corrected chi connectivity index (χ3v) is 7.66. The summed E-state index contributed by atoms with van der Waals surface area (Å²) in [6.07, 6.45) is 6.99. The van der Waals surface area contributed by atoms with Crippen LogP contribution in [0.25, 0.3) is 10.9 Å². The number of likely N-dealkylation sites (tertiary alicyclic amines) is 1. The summed E-state index contributed by atoms with van der Waals surface area (Å²) < 4.78 is 6.09. The highest BCUT2D eigenvalue weighted by atomic mass is 16.9. The van der Waals surface area contributed by atoms with Gasteiger partial charge < -0.3 is 25.1 Å². The summed E-state index contributed by atoms with van der Waals surface area (Å²) in [5, 5.41) is 35.5. The quantitative estimate of drug-likeness (QED) is 0.256. The summed E-state index contributed by atoms with van der Waals surface area (Å²) >= 11 is 0. The second-order valence-electron chi connectivity index (χ2n) is 9.36. The van der Waals surface area contributed by atoms with Gasteiger partial charge in [0, 0.05) is 34.5 Å². The number of pyridine rings is 1. The molecule has 35 heavy (non-hydrogen) atoms. The van der Waals surface area contributed by atoms with Crippen LogP contribution >= 0.6 is 0 Å². The van der Waals surface area contributed by atoms with E-state index in [-0.39, 0.29) is 17.3 Å². The number of rotatable bonds is 0. The van der Waals surface area contributed by atoms with E-state index < -0.39 is 11.2 Å². The monoisotopic (exact) mass is 477 g/mol. The highest BCUT2D eigenvalue weighted by Gasteiger charge is 2.64. The number of ether oxygens (including phenoxy) is 1. The van der Waals surface area contributed by atoms with Crippen LogP contribution in [-0.2, 0) is 11.8 Å². The van der Waals surface area contributed by atoms with Crippen LogP contribution in [0.3, 0.4) is 0 Å². The van der Waals surface area contributed by atoms with Gasteiger partial charge in [0.25, 0.3) is 5.09 Å². The number of aliphatic hydroxyl groups is 1. The SMILES string of the molecule is CN1CC[C@]23c4c5ccc(O)c4O[C@H]2[C@@H](O)C=C[C@H]3[C@H]1C5.O=[N+]([O-])O.c1ccc2ncccc2c1. The van der Waals surface area contributed by atoms with E-state index in [1.807, 2.05) is 42.6 Å². The number of hydrogen-bond acceptors (Lipinski definition) is 7. The standard InChI is InChI=1S/C17H19NO3.C9H7N.HNO3/c1-18-7-6-17-10-3-5-13(20)16(17)21-15-12(19)4-2-9(14(15)17)8-11(10)18;1-2-6-9-8(4-1)5-3-7-10-9;2-1(3)4/h2-5,10-11,13,16,19-20H,6-8H2,1H3;1-7H;(H,2,3,4)/t10-,11+,13-,16-,17-;;/m0../s1. The molecule has 5 atom stereocenters. The van der Waals surface area contributed by atoms with Crippen LogP contribution in [0.2, 0.25) is 0 Å². The maximum Gasteiger partial charge on any atom is 0.291 e. The van der Waals surface area contributed by atoms with Gasteiger partial charge in [0.1, 0.15) is 12.2 Å². The largest absolute Gasteiger partial charge is 0.504 e. The van der Waals surface area contributed by atoms with Gasteiger partial charge in [-0.1, -0.05) is 42.5 Å². The zero-order valence-corrected chi connectivity index (χ0v) is 19.2. The molecule has 4 aliphatic rings. The molecule has 2 aliphatic heterocycles. The van der Waals surface area contributed by atoms with E-state index in [1.54, 1.807) is 6.07 Å². The van der Waals surface area contributed by atoms with Crippen LogP contribution < -0.4 is 4.74 Å². The molecule has 0 amide bonds. The molecule has 182 valence electrons. The van der Waals surface area contributed by atoms with E-state index in [1.165, 1.54) is 16.5 Å². The molecular weight excluding hydrogens is 450 g/mol. The molecule has 0 unspecified atom stereocenters. The fourth-order valence-electron chi connectivity index (χ4n) is 6.25. The smallest absolute Gasteiger partial charge is 0.291 e. The number of aromatic nitrogens is 1. The number of fused-ring (bicyclic) bond motifs is 1. The molecule has 0 radical (unpaired) electrons. The van der Waals surface area contributed by atoms with E-state index >= 15 is 0 Å². The van der Waals surface area contributed by atoms with Gasteiger partial charge in [0.2, 0.25) is 0 Å². The number of phenolic OH excluding ortho intramolecular Hbond substituents is 1. The lowest BCUT2D eigenvalue weighted by atomic mass is 9.53. The molecule has 1 spiro atoms. The number of aliphatic hydroxyl groups excluding tert-OH is 1. The highest BCUT2D eigenvalue weighted by molar-refractivity contribution is 5.77. The minimum Gasteiger partial charge on any atom is -0.504 e. The molecule has 9 nitrogen and oxygen atoms in total. The van der Waals surface area contributed by atoms with Crippen LogP contribution in [0.1, 0.15) is 17.5 Å². The van der Waals surface area contributed by atoms with Crippen molar-refractivity contribution in [3.8, 4) is 11.5 Å². The Bertz CT molecular complexity index is 1230. The van der Waals surface area contributed by atoms with Crippen molar-refractivity contribution in [3.63, 3.8) is 0 Å². The highest BCUT2D eigenvalue weighted by Crippen LogP contribution is 2.62. The van der Waals surface area contributed by atoms with Crippen molar-refractivity contribution < 1.29 is 25.2 Å². The molecule has 3 heterocycles. The van der Waals surface area contributed by atoms with Crippen molar-refractivity contribution in [3.05, 3.63) is 88.1 Å². The van der Waals surface area contributed by atoms with Gasteiger partial charge in [-0.2, -0.15) is 0 Å². The second-order valence-corrected chi connectivity index (χ2v) is 9.36. The molecular formula is C26H27N3O6. The molecule has 1 aromatic heterocycles. The lowest BCUT2D eigenvalue weighted by molar-refractivity contribution is -0.742. The molecule has 1 saturated heterocycles. The number of benzene rings is 2.